The van der Waals surface area contributed by atoms with Crippen molar-refractivity contribution in [3.8, 4) is 11.5 Å². The van der Waals surface area contributed by atoms with Crippen molar-refractivity contribution >= 4 is 12.3 Å². The van der Waals surface area contributed by atoms with Gasteiger partial charge in [0.1, 0.15) is 5.60 Å². The van der Waals surface area contributed by atoms with Crippen molar-refractivity contribution in [2.45, 2.75) is 33.3 Å². The molecule has 0 radical (unpaired) electrons. The Morgan fingerprint density at radius 2 is 2.00 bits per heavy atom. The summed E-state index contributed by atoms with van der Waals surface area (Å²) in [5.41, 5.74) is 0.185. The smallest absolute Gasteiger partial charge is 0.434 e. The van der Waals surface area contributed by atoms with E-state index < -0.39 is 11.7 Å². The van der Waals surface area contributed by atoms with Gasteiger partial charge >= 0.3 is 6.09 Å². The van der Waals surface area contributed by atoms with Crippen LogP contribution in [0.15, 0.2) is 23.2 Å². The fourth-order valence-corrected chi connectivity index (χ4v) is 1.46. The lowest BCUT2D eigenvalue weighted by Crippen LogP contribution is -2.21. The zero-order valence-electron chi connectivity index (χ0n) is 12.6. The second-order valence-electron chi connectivity index (χ2n) is 5.08. The van der Waals surface area contributed by atoms with Gasteiger partial charge in [-0.25, -0.2) is 4.79 Å². The lowest BCUT2D eigenvalue weighted by molar-refractivity contribution is 0.0605. The summed E-state index contributed by atoms with van der Waals surface area (Å²) in [6.45, 7) is 7.80. The Morgan fingerprint density at radius 3 is 2.55 bits per heavy atom. The molecule has 0 aromatic heterocycles. The van der Waals surface area contributed by atoms with Crippen molar-refractivity contribution in [3.05, 3.63) is 23.8 Å². The largest absolute Gasteiger partial charge is 0.493 e. The summed E-state index contributed by atoms with van der Waals surface area (Å²) in [5.74, 6) is 1.25. The Bertz CT molecular complexity index is 489. The first-order valence-corrected chi connectivity index (χ1v) is 6.43. The zero-order valence-corrected chi connectivity index (χ0v) is 12.6. The minimum absolute atomic E-state index is 0.531. The van der Waals surface area contributed by atoms with Gasteiger partial charge in [-0.2, -0.15) is 4.99 Å². The highest BCUT2D eigenvalue weighted by atomic mass is 16.6. The number of hydrogen-bond acceptors (Lipinski definition) is 4. The van der Waals surface area contributed by atoms with E-state index in [2.05, 4.69) is 4.99 Å². The van der Waals surface area contributed by atoms with Crippen molar-refractivity contribution in [3.63, 3.8) is 0 Å². The quantitative estimate of drug-likeness (QED) is 0.792. The number of methoxy groups -OCH3 is 1. The molecule has 1 rings (SSSR count). The first-order valence-electron chi connectivity index (χ1n) is 6.43. The highest BCUT2D eigenvalue weighted by Crippen LogP contribution is 2.27. The van der Waals surface area contributed by atoms with Crippen LogP contribution in [0, 0.1) is 0 Å². The monoisotopic (exact) mass is 279 g/mol. The molecule has 20 heavy (non-hydrogen) atoms. The number of aliphatic imine (C=N–C) groups is 1. The van der Waals surface area contributed by atoms with E-state index in [4.69, 9.17) is 14.2 Å². The summed E-state index contributed by atoms with van der Waals surface area (Å²) >= 11 is 0. The molecule has 0 bridgehead atoms. The number of rotatable bonds is 4. The number of amides is 1. The Morgan fingerprint density at radius 1 is 1.30 bits per heavy atom. The SMILES string of the molecule is CCOc1cc(C=NC(=O)OC(C)(C)C)ccc1OC. The third-order valence-electron chi connectivity index (χ3n) is 2.20. The van der Waals surface area contributed by atoms with Gasteiger partial charge in [-0.15, -0.1) is 0 Å². The molecule has 0 aliphatic rings. The molecule has 0 unspecified atom stereocenters. The van der Waals surface area contributed by atoms with Crippen LogP contribution >= 0.6 is 0 Å². The average molecular weight is 279 g/mol. The first kappa shape index (κ1) is 16.0. The second-order valence-corrected chi connectivity index (χ2v) is 5.08. The van der Waals surface area contributed by atoms with E-state index in [1.807, 2.05) is 6.92 Å². The molecule has 0 spiro atoms. The molecule has 5 nitrogen and oxygen atoms in total. The molecule has 0 aliphatic carbocycles. The number of benzene rings is 1. The molecule has 110 valence electrons. The zero-order chi connectivity index (χ0) is 15.2. The third kappa shape index (κ3) is 5.30. The molecule has 0 fully saturated rings. The van der Waals surface area contributed by atoms with Crippen molar-refractivity contribution in [2.24, 2.45) is 4.99 Å². The van der Waals surface area contributed by atoms with Crippen LogP contribution in [0.2, 0.25) is 0 Å². The van der Waals surface area contributed by atoms with Crippen LogP contribution in [-0.4, -0.2) is 31.6 Å². The standard InChI is InChI=1S/C15H21NO4/c1-6-19-13-9-11(7-8-12(13)18-5)10-16-14(17)20-15(2,3)4/h7-10H,6H2,1-5H3. The van der Waals surface area contributed by atoms with Gasteiger partial charge in [0, 0.05) is 6.21 Å². The average Bonchev–Trinajstić information content (AvgIpc) is 2.35. The van der Waals surface area contributed by atoms with Crippen LogP contribution in [-0.2, 0) is 4.74 Å². The van der Waals surface area contributed by atoms with Gasteiger partial charge in [-0.1, -0.05) is 0 Å². The van der Waals surface area contributed by atoms with Gasteiger partial charge < -0.3 is 14.2 Å². The van der Waals surface area contributed by atoms with Crippen molar-refractivity contribution in [1.82, 2.24) is 0 Å². The summed E-state index contributed by atoms with van der Waals surface area (Å²) in [5, 5.41) is 0. The van der Waals surface area contributed by atoms with Crippen LogP contribution in [0.4, 0.5) is 4.79 Å². The predicted octanol–water partition coefficient (Wildman–Crippen LogP) is 3.45. The van der Waals surface area contributed by atoms with Gasteiger partial charge in [0.2, 0.25) is 0 Å². The third-order valence-corrected chi connectivity index (χ3v) is 2.20. The van der Waals surface area contributed by atoms with E-state index in [0.29, 0.717) is 18.1 Å². The van der Waals surface area contributed by atoms with E-state index in [1.165, 1.54) is 6.21 Å². The Hall–Kier alpha value is -2.04. The molecule has 0 atom stereocenters. The molecule has 5 heteroatoms. The molecule has 0 aliphatic heterocycles. The molecule has 1 amide bonds. The van der Waals surface area contributed by atoms with Crippen LogP contribution in [0.3, 0.4) is 0 Å². The summed E-state index contributed by atoms with van der Waals surface area (Å²) in [6.07, 6.45) is 0.821. The van der Waals surface area contributed by atoms with E-state index in [-0.39, 0.29) is 0 Å². The van der Waals surface area contributed by atoms with Crippen molar-refractivity contribution in [1.29, 1.82) is 0 Å². The number of carbonyl (C=O) groups is 1. The predicted molar refractivity (Wildman–Crippen MR) is 78.0 cm³/mol. The topological polar surface area (TPSA) is 57.1 Å². The highest BCUT2D eigenvalue weighted by Gasteiger charge is 2.15. The lowest BCUT2D eigenvalue weighted by Gasteiger charge is -2.17. The Kier molecular flexibility index (Phi) is 5.55. The van der Waals surface area contributed by atoms with Crippen LogP contribution < -0.4 is 9.47 Å². The Balaban J connectivity index is 2.82. The molecule has 0 heterocycles. The number of hydrogen-bond donors (Lipinski definition) is 0. The lowest BCUT2D eigenvalue weighted by atomic mass is 10.2. The maximum Gasteiger partial charge on any atom is 0.434 e. The minimum atomic E-state index is -0.619. The Labute approximate surface area is 119 Å². The van der Waals surface area contributed by atoms with Gasteiger partial charge in [0.05, 0.1) is 13.7 Å². The molecule has 0 N–H and O–H groups in total. The van der Waals surface area contributed by atoms with Crippen LogP contribution in [0.1, 0.15) is 33.3 Å². The van der Waals surface area contributed by atoms with Gasteiger partial charge in [-0.3, -0.25) is 0 Å². The first-order chi connectivity index (χ1) is 9.35. The second kappa shape index (κ2) is 6.93. The number of ether oxygens (including phenoxy) is 3. The molecule has 1 aromatic rings. The molecule has 0 saturated heterocycles. The van der Waals surface area contributed by atoms with Gasteiger partial charge in [-0.05, 0) is 51.5 Å². The molecule has 1 aromatic carbocycles. The maximum atomic E-state index is 11.5. The summed E-state index contributed by atoms with van der Waals surface area (Å²) in [7, 11) is 1.58. The van der Waals surface area contributed by atoms with E-state index in [1.54, 1.807) is 46.1 Å². The van der Waals surface area contributed by atoms with Crippen LogP contribution in [0.25, 0.3) is 0 Å². The maximum absolute atomic E-state index is 11.5. The van der Waals surface area contributed by atoms with Gasteiger partial charge in [0.15, 0.2) is 11.5 Å². The van der Waals surface area contributed by atoms with E-state index >= 15 is 0 Å². The molecular formula is C15H21NO4. The summed E-state index contributed by atoms with van der Waals surface area (Å²) in [6, 6.07) is 5.31. The highest BCUT2D eigenvalue weighted by molar-refractivity contribution is 5.89. The minimum Gasteiger partial charge on any atom is -0.493 e. The fourth-order valence-electron chi connectivity index (χ4n) is 1.46. The normalized spacial score (nSPS) is 11.4. The van der Waals surface area contributed by atoms with E-state index in [0.717, 1.165) is 5.56 Å². The van der Waals surface area contributed by atoms with Crippen molar-refractivity contribution in [2.75, 3.05) is 13.7 Å². The molecule has 0 saturated carbocycles. The fraction of sp³-hybridized carbons (Fsp3) is 0.467. The van der Waals surface area contributed by atoms with Crippen LogP contribution in [0.5, 0.6) is 11.5 Å². The van der Waals surface area contributed by atoms with Gasteiger partial charge in [0.25, 0.3) is 0 Å². The van der Waals surface area contributed by atoms with Crippen molar-refractivity contribution < 1.29 is 19.0 Å². The molecular weight excluding hydrogens is 258 g/mol. The summed E-state index contributed by atoms with van der Waals surface area (Å²) < 4.78 is 15.7. The summed E-state index contributed by atoms with van der Waals surface area (Å²) in [4.78, 5) is 15.2. The number of nitrogens with zero attached hydrogens (tertiary/aromatic N) is 1. The van der Waals surface area contributed by atoms with E-state index in [9.17, 15) is 4.79 Å². The number of carbonyl (C=O) groups excluding carboxylic acids is 1.